The van der Waals surface area contributed by atoms with Crippen molar-refractivity contribution >= 4 is 16.6 Å². The third-order valence-corrected chi connectivity index (χ3v) is 5.19. The Kier molecular flexibility index (Phi) is 4.75. The van der Waals surface area contributed by atoms with Gasteiger partial charge in [-0.25, -0.2) is 4.98 Å². The number of benzene rings is 1. The van der Waals surface area contributed by atoms with E-state index in [1.54, 1.807) is 0 Å². The molecule has 0 amide bonds. The van der Waals surface area contributed by atoms with Crippen molar-refractivity contribution in [1.82, 2.24) is 19.6 Å². The van der Waals surface area contributed by atoms with E-state index in [1.807, 2.05) is 47.0 Å². The third-order valence-electron chi connectivity index (χ3n) is 5.19. The number of rotatable bonds is 6. The first-order valence-electron chi connectivity index (χ1n) is 9.57. The quantitative estimate of drug-likeness (QED) is 0.477. The van der Waals surface area contributed by atoms with Crippen molar-refractivity contribution < 1.29 is 4.74 Å². The van der Waals surface area contributed by atoms with Crippen LogP contribution in [-0.2, 0) is 0 Å². The van der Waals surface area contributed by atoms with Gasteiger partial charge in [0.25, 0.3) is 0 Å². The highest BCUT2D eigenvalue weighted by atomic mass is 16.5. The lowest BCUT2D eigenvalue weighted by molar-refractivity contribution is 0.137. The van der Waals surface area contributed by atoms with Gasteiger partial charge < -0.3 is 4.74 Å². The van der Waals surface area contributed by atoms with Crippen LogP contribution in [0.15, 0.2) is 54.7 Å². The Morgan fingerprint density at radius 2 is 1.85 bits per heavy atom. The number of aromatic nitrogens is 4. The van der Waals surface area contributed by atoms with Crippen LogP contribution in [0.1, 0.15) is 33.6 Å². The minimum atomic E-state index is 0.181. The molecule has 0 saturated heterocycles. The SMILES string of the molecule is CCC(Oc1cccc2ccc(-c3nnc4ccccn34)nc12)[C@@H](C)CC. The zero-order chi connectivity index (χ0) is 18.8. The van der Waals surface area contributed by atoms with Crippen molar-refractivity contribution in [1.29, 1.82) is 0 Å². The Bertz CT molecular complexity index is 1070. The van der Waals surface area contributed by atoms with Crippen molar-refractivity contribution in [2.75, 3.05) is 0 Å². The van der Waals surface area contributed by atoms with Crippen molar-refractivity contribution in [2.24, 2.45) is 5.92 Å². The normalized spacial score (nSPS) is 13.7. The van der Waals surface area contributed by atoms with Gasteiger partial charge in [0.2, 0.25) is 0 Å². The average Bonchev–Trinajstić information content (AvgIpc) is 3.15. The Morgan fingerprint density at radius 3 is 2.67 bits per heavy atom. The Labute approximate surface area is 159 Å². The number of ether oxygens (including phenoxy) is 1. The molecule has 0 N–H and O–H groups in total. The molecule has 0 bridgehead atoms. The van der Waals surface area contributed by atoms with E-state index in [1.165, 1.54) is 0 Å². The van der Waals surface area contributed by atoms with Crippen molar-refractivity contribution in [2.45, 2.75) is 39.7 Å². The third kappa shape index (κ3) is 3.25. The van der Waals surface area contributed by atoms with Crippen LogP contribution in [-0.4, -0.2) is 25.7 Å². The Morgan fingerprint density at radius 1 is 0.963 bits per heavy atom. The lowest BCUT2D eigenvalue weighted by Crippen LogP contribution is -2.23. The predicted molar refractivity (Wildman–Crippen MR) is 108 cm³/mol. The standard InChI is InChI=1S/C22H24N4O/c1-4-15(3)18(5-2)27-19-10-8-9-16-12-13-17(23-21(16)19)22-25-24-20-11-6-7-14-26(20)22/h6-15,18H,4-5H2,1-3H3/t15-,18?/m0/s1. The van der Waals surface area contributed by atoms with Crippen LogP contribution in [0.3, 0.4) is 0 Å². The summed E-state index contributed by atoms with van der Waals surface area (Å²) in [5, 5.41) is 9.62. The molecule has 0 aliphatic carbocycles. The molecule has 1 unspecified atom stereocenters. The van der Waals surface area contributed by atoms with Gasteiger partial charge in [0.1, 0.15) is 23.1 Å². The molecule has 1 aromatic carbocycles. The summed E-state index contributed by atoms with van der Waals surface area (Å²) >= 11 is 0. The van der Waals surface area contributed by atoms with Gasteiger partial charge in [-0.3, -0.25) is 4.40 Å². The molecule has 4 rings (SSSR count). The molecule has 2 atom stereocenters. The maximum Gasteiger partial charge on any atom is 0.187 e. The Hall–Kier alpha value is -2.95. The molecule has 138 valence electrons. The van der Waals surface area contributed by atoms with E-state index in [0.29, 0.717) is 5.92 Å². The number of pyridine rings is 2. The summed E-state index contributed by atoms with van der Waals surface area (Å²) in [5.74, 6) is 2.06. The molecular weight excluding hydrogens is 336 g/mol. The number of fused-ring (bicyclic) bond motifs is 2. The summed E-state index contributed by atoms with van der Waals surface area (Å²) in [4.78, 5) is 4.89. The zero-order valence-corrected chi connectivity index (χ0v) is 16.0. The number of para-hydroxylation sites is 1. The molecule has 5 nitrogen and oxygen atoms in total. The van der Waals surface area contributed by atoms with Crippen LogP contribution < -0.4 is 4.74 Å². The molecule has 0 aliphatic rings. The van der Waals surface area contributed by atoms with Crippen LogP contribution in [0.2, 0.25) is 0 Å². The number of nitrogens with zero attached hydrogens (tertiary/aromatic N) is 4. The van der Waals surface area contributed by atoms with E-state index in [2.05, 4.69) is 43.1 Å². The topological polar surface area (TPSA) is 52.3 Å². The van der Waals surface area contributed by atoms with Crippen LogP contribution in [0.25, 0.3) is 28.1 Å². The van der Waals surface area contributed by atoms with E-state index in [-0.39, 0.29) is 6.10 Å². The molecule has 0 aliphatic heterocycles. The number of hydrogen-bond acceptors (Lipinski definition) is 4. The number of hydrogen-bond donors (Lipinski definition) is 0. The molecule has 27 heavy (non-hydrogen) atoms. The van der Waals surface area contributed by atoms with Crippen LogP contribution in [0.4, 0.5) is 0 Å². The van der Waals surface area contributed by atoms with Gasteiger partial charge >= 0.3 is 0 Å². The summed E-state index contributed by atoms with van der Waals surface area (Å²) in [6, 6.07) is 16.0. The van der Waals surface area contributed by atoms with E-state index in [0.717, 1.165) is 46.7 Å². The fourth-order valence-corrected chi connectivity index (χ4v) is 3.38. The minimum absolute atomic E-state index is 0.181. The summed E-state index contributed by atoms with van der Waals surface area (Å²) in [6.45, 7) is 6.61. The fraction of sp³-hybridized carbons (Fsp3) is 0.318. The Balaban J connectivity index is 1.79. The smallest absolute Gasteiger partial charge is 0.187 e. The summed E-state index contributed by atoms with van der Waals surface area (Å²) < 4.78 is 8.33. The van der Waals surface area contributed by atoms with Gasteiger partial charge in [-0.05, 0) is 36.6 Å². The molecule has 3 heterocycles. The molecular formula is C22H24N4O. The van der Waals surface area contributed by atoms with Crippen LogP contribution in [0, 0.1) is 5.92 Å². The lowest BCUT2D eigenvalue weighted by atomic mass is 10.00. The molecule has 0 saturated carbocycles. The van der Waals surface area contributed by atoms with E-state index in [9.17, 15) is 0 Å². The van der Waals surface area contributed by atoms with Gasteiger partial charge in [0.15, 0.2) is 11.5 Å². The molecule has 0 radical (unpaired) electrons. The monoisotopic (exact) mass is 360 g/mol. The maximum atomic E-state index is 6.38. The molecule has 0 fully saturated rings. The van der Waals surface area contributed by atoms with Gasteiger partial charge in [0.05, 0.1) is 0 Å². The van der Waals surface area contributed by atoms with Gasteiger partial charge in [-0.1, -0.05) is 51.5 Å². The molecule has 5 heteroatoms. The van der Waals surface area contributed by atoms with E-state index in [4.69, 9.17) is 9.72 Å². The molecule has 4 aromatic rings. The van der Waals surface area contributed by atoms with Gasteiger partial charge in [-0.2, -0.15) is 0 Å². The first-order chi connectivity index (χ1) is 13.2. The highest BCUT2D eigenvalue weighted by Gasteiger charge is 2.18. The van der Waals surface area contributed by atoms with Crippen molar-refractivity contribution in [3.8, 4) is 17.3 Å². The molecule has 0 spiro atoms. The summed E-state index contributed by atoms with van der Waals surface area (Å²) in [6.07, 6.45) is 4.20. The zero-order valence-electron chi connectivity index (χ0n) is 16.0. The fourth-order valence-electron chi connectivity index (χ4n) is 3.38. The predicted octanol–water partition coefficient (Wildman–Crippen LogP) is 5.15. The first kappa shape index (κ1) is 17.5. The van der Waals surface area contributed by atoms with Crippen LogP contribution in [0.5, 0.6) is 5.75 Å². The van der Waals surface area contributed by atoms with Gasteiger partial charge in [0, 0.05) is 11.6 Å². The maximum absolute atomic E-state index is 6.38. The average molecular weight is 360 g/mol. The first-order valence-corrected chi connectivity index (χ1v) is 9.57. The molecule has 3 aromatic heterocycles. The highest BCUT2D eigenvalue weighted by Crippen LogP contribution is 2.29. The van der Waals surface area contributed by atoms with E-state index >= 15 is 0 Å². The largest absolute Gasteiger partial charge is 0.488 e. The van der Waals surface area contributed by atoms with Crippen LogP contribution >= 0.6 is 0 Å². The summed E-state index contributed by atoms with van der Waals surface area (Å²) in [5.41, 5.74) is 2.46. The van der Waals surface area contributed by atoms with E-state index < -0.39 is 0 Å². The summed E-state index contributed by atoms with van der Waals surface area (Å²) in [7, 11) is 0. The van der Waals surface area contributed by atoms with Crippen molar-refractivity contribution in [3.63, 3.8) is 0 Å². The second-order valence-electron chi connectivity index (χ2n) is 6.93. The second-order valence-corrected chi connectivity index (χ2v) is 6.93. The highest BCUT2D eigenvalue weighted by molar-refractivity contribution is 5.86. The minimum Gasteiger partial charge on any atom is -0.488 e. The lowest BCUT2D eigenvalue weighted by Gasteiger charge is -2.23. The second kappa shape index (κ2) is 7.35. The van der Waals surface area contributed by atoms with Gasteiger partial charge in [-0.15, -0.1) is 10.2 Å². The van der Waals surface area contributed by atoms with Crippen molar-refractivity contribution in [3.05, 3.63) is 54.7 Å².